The first-order valence-corrected chi connectivity index (χ1v) is 11.3. The van der Waals surface area contributed by atoms with E-state index in [9.17, 15) is 8.42 Å². The number of nitrogens with zero attached hydrogens (tertiary/aromatic N) is 2. The van der Waals surface area contributed by atoms with Crippen molar-refractivity contribution in [3.8, 4) is 0 Å². The zero-order chi connectivity index (χ0) is 19.4. The van der Waals surface area contributed by atoms with E-state index in [0.717, 1.165) is 19.5 Å². The van der Waals surface area contributed by atoms with Crippen LogP contribution in [0.4, 0.5) is 0 Å². The van der Waals surface area contributed by atoms with E-state index in [2.05, 4.69) is 25.2 Å². The van der Waals surface area contributed by atoms with Crippen molar-refractivity contribution >= 4 is 40.0 Å². The fourth-order valence-corrected chi connectivity index (χ4v) is 4.19. The van der Waals surface area contributed by atoms with E-state index in [1.54, 1.807) is 37.4 Å². The van der Waals surface area contributed by atoms with E-state index in [0.29, 0.717) is 19.0 Å². The van der Waals surface area contributed by atoms with Crippen molar-refractivity contribution in [2.45, 2.75) is 37.0 Å². The van der Waals surface area contributed by atoms with Gasteiger partial charge >= 0.3 is 0 Å². The highest BCUT2D eigenvalue weighted by molar-refractivity contribution is 14.0. The molecule has 9 heteroatoms. The van der Waals surface area contributed by atoms with Crippen LogP contribution in [0, 0.1) is 0 Å². The van der Waals surface area contributed by atoms with E-state index < -0.39 is 10.0 Å². The van der Waals surface area contributed by atoms with Crippen LogP contribution < -0.4 is 15.4 Å². The van der Waals surface area contributed by atoms with Gasteiger partial charge in [0.1, 0.15) is 0 Å². The SMILES string of the molecule is CN=C(NCCCN1CCCCCC1)NCCNS(=O)(=O)c1ccccc1.I. The quantitative estimate of drug-likeness (QED) is 0.200. The summed E-state index contributed by atoms with van der Waals surface area (Å²) in [5.74, 6) is 0.699. The molecule has 0 radical (unpaired) electrons. The molecule has 0 aromatic heterocycles. The number of benzene rings is 1. The maximum Gasteiger partial charge on any atom is 0.240 e. The minimum Gasteiger partial charge on any atom is -0.356 e. The highest BCUT2D eigenvalue weighted by atomic mass is 127. The monoisotopic (exact) mass is 523 g/mol. The maximum absolute atomic E-state index is 12.1. The second-order valence-corrected chi connectivity index (χ2v) is 8.51. The Morgan fingerprint density at radius 3 is 2.29 bits per heavy atom. The second-order valence-electron chi connectivity index (χ2n) is 6.75. The van der Waals surface area contributed by atoms with Crippen LogP contribution >= 0.6 is 24.0 Å². The molecule has 0 spiro atoms. The van der Waals surface area contributed by atoms with Gasteiger partial charge in [-0.1, -0.05) is 31.0 Å². The van der Waals surface area contributed by atoms with Gasteiger partial charge in [0.25, 0.3) is 0 Å². The van der Waals surface area contributed by atoms with Gasteiger partial charge in [-0.3, -0.25) is 4.99 Å². The third-order valence-electron chi connectivity index (χ3n) is 4.63. The van der Waals surface area contributed by atoms with E-state index in [1.807, 2.05) is 0 Å². The number of aliphatic imine (C=N–C) groups is 1. The number of hydrogen-bond acceptors (Lipinski definition) is 4. The van der Waals surface area contributed by atoms with Crippen LogP contribution in [0.1, 0.15) is 32.1 Å². The Morgan fingerprint density at radius 1 is 1.00 bits per heavy atom. The number of guanidine groups is 1. The smallest absolute Gasteiger partial charge is 0.240 e. The predicted molar refractivity (Wildman–Crippen MR) is 126 cm³/mol. The summed E-state index contributed by atoms with van der Waals surface area (Å²) < 4.78 is 26.9. The van der Waals surface area contributed by atoms with Gasteiger partial charge < -0.3 is 15.5 Å². The van der Waals surface area contributed by atoms with Gasteiger partial charge in [0.2, 0.25) is 10.0 Å². The molecule has 0 atom stereocenters. The summed E-state index contributed by atoms with van der Waals surface area (Å²) in [5.41, 5.74) is 0. The van der Waals surface area contributed by atoms with Gasteiger partial charge in [-0.2, -0.15) is 0 Å². The van der Waals surface area contributed by atoms with Gasteiger partial charge in [-0.05, 0) is 51.0 Å². The zero-order valence-corrected chi connectivity index (χ0v) is 19.8. The van der Waals surface area contributed by atoms with E-state index in [1.165, 1.54) is 38.8 Å². The Kier molecular flexibility index (Phi) is 12.7. The number of hydrogen-bond donors (Lipinski definition) is 3. The van der Waals surface area contributed by atoms with Gasteiger partial charge in [-0.15, -0.1) is 24.0 Å². The fraction of sp³-hybridized carbons (Fsp3) is 0.632. The Bertz CT molecular complexity index is 662. The van der Waals surface area contributed by atoms with Crippen molar-refractivity contribution in [1.29, 1.82) is 0 Å². The minimum atomic E-state index is -3.46. The molecule has 0 amide bonds. The van der Waals surface area contributed by atoms with Crippen LogP contribution in [0.25, 0.3) is 0 Å². The molecular weight excluding hydrogens is 489 g/mol. The topological polar surface area (TPSA) is 85.8 Å². The lowest BCUT2D eigenvalue weighted by molar-refractivity contribution is 0.282. The maximum atomic E-state index is 12.1. The van der Waals surface area contributed by atoms with Crippen LogP contribution in [-0.2, 0) is 10.0 Å². The first-order chi connectivity index (χ1) is 13.1. The van der Waals surface area contributed by atoms with Crippen molar-refractivity contribution in [1.82, 2.24) is 20.3 Å². The molecule has 0 bridgehead atoms. The van der Waals surface area contributed by atoms with Crippen molar-refractivity contribution in [3.63, 3.8) is 0 Å². The van der Waals surface area contributed by atoms with Crippen LogP contribution in [-0.4, -0.2) is 65.6 Å². The molecule has 7 nitrogen and oxygen atoms in total. The summed E-state index contributed by atoms with van der Waals surface area (Å²) in [6.07, 6.45) is 6.42. The van der Waals surface area contributed by atoms with Gasteiger partial charge in [0.05, 0.1) is 4.90 Å². The molecule has 0 saturated carbocycles. The predicted octanol–water partition coefficient (Wildman–Crippen LogP) is 2.01. The zero-order valence-electron chi connectivity index (χ0n) is 16.7. The lowest BCUT2D eigenvalue weighted by Gasteiger charge is -2.20. The number of nitrogens with one attached hydrogen (secondary N) is 3. The largest absolute Gasteiger partial charge is 0.356 e. The molecule has 3 N–H and O–H groups in total. The van der Waals surface area contributed by atoms with E-state index in [4.69, 9.17) is 0 Å². The van der Waals surface area contributed by atoms with E-state index in [-0.39, 0.29) is 28.9 Å². The molecule has 1 saturated heterocycles. The molecule has 0 aliphatic carbocycles. The average Bonchev–Trinajstić information content (AvgIpc) is 2.96. The Morgan fingerprint density at radius 2 is 1.64 bits per heavy atom. The van der Waals surface area contributed by atoms with Crippen LogP contribution in [0.15, 0.2) is 40.2 Å². The third-order valence-corrected chi connectivity index (χ3v) is 6.11. The number of halogens is 1. The van der Waals surface area contributed by atoms with Crippen molar-refractivity contribution in [3.05, 3.63) is 30.3 Å². The van der Waals surface area contributed by atoms with Crippen LogP contribution in [0.5, 0.6) is 0 Å². The molecule has 160 valence electrons. The minimum absolute atomic E-state index is 0. The summed E-state index contributed by atoms with van der Waals surface area (Å²) in [5, 5.41) is 6.43. The number of likely N-dealkylation sites (tertiary alicyclic amines) is 1. The molecule has 2 rings (SSSR count). The summed E-state index contributed by atoms with van der Waals surface area (Å²) in [7, 11) is -1.74. The Balaban J connectivity index is 0.00000392. The lowest BCUT2D eigenvalue weighted by Crippen LogP contribution is -2.42. The number of rotatable bonds is 9. The molecule has 28 heavy (non-hydrogen) atoms. The highest BCUT2D eigenvalue weighted by Gasteiger charge is 2.12. The van der Waals surface area contributed by atoms with Crippen molar-refractivity contribution in [2.24, 2.45) is 4.99 Å². The normalized spacial score (nSPS) is 16.1. The van der Waals surface area contributed by atoms with Crippen molar-refractivity contribution in [2.75, 3.05) is 46.3 Å². The number of sulfonamides is 1. The van der Waals surface area contributed by atoms with Crippen molar-refractivity contribution < 1.29 is 8.42 Å². The summed E-state index contributed by atoms with van der Waals surface area (Å²) in [4.78, 5) is 7.01. The Hall–Kier alpha value is -0.910. The first-order valence-electron chi connectivity index (χ1n) is 9.83. The molecule has 1 fully saturated rings. The third kappa shape index (κ3) is 9.53. The Labute approximate surface area is 186 Å². The molecule has 1 aromatic rings. The van der Waals surface area contributed by atoms with Gasteiger partial charge in [0, 0.05) is 26.7 Å². The second kappa shape index (κ2) is 14.1. The van der Waals surface area contributed by atoms with Gasteiger partial charge in [0.15, 0.2) is 5.96 Å². The molecule has 1 aliphatic heterocycles. The molecule has 1 aromatic carbocycles. The molecule has 0 unspecified atom stereocenters. The lowest BCUT2D eigenvalue weighted by atomic mass is 10.2. The fourth-order valence-electron chi connectivity index (χ4n) is 3.14. The summed E-state index contributed by atoms with van der Waals surface area (Å²) in [6, 6.07) is 8.39. The standard InChI is InChI=1S/C19H33N5O2S.HI/c1-20-19(21-12-9-17-24-15-7-2-3-8-16-24)22-13-14-23-27(25,26)18-10-5-4-6-11-18;/h4-6,10-11,23H,2-3,7-9,12-17H2,1H3,(H2,20,21,22);1H. The summed E-state index contributed by atoms with van der Waals surface area (Å²) >= 11 is 0. The first kappa shape index (κ1) is 25.1. The van der Waals surface area contributed by atoms with E-state index >= 15 is 0 Å². The highest BCUT2D eigenvalue weighted by Crippen LogP contribution is 2.09. The summed E-state index contributed by atoms with van der Waals surface area (Å²) in [6.45, 7) is 5.17. The average molecular weight is 523 g/mol. The van der Waals surface area contributed by atoms with Gasteiger partial charge in [-0.25, -0.2) is 13.1 Å². The molecule has 1 aliphatic rings. The van der Waals surface area contributed by atoms with Crippen LogP contribution in [0.2, 0.25) is 0 Å². The molecular formula is C19H34IN5O2S. The van der Waals surface area contributed by atoms with Crippen LogP contribution in [0.3, 0.4) is 0 Å². The molecule has 1 heterocycles.